The van der Waals surface area contributed by atoms with E-state index in [-0.39, 0.29) is 36.5 Å². The van der Waals surface area contributed by atoms with Gasteiger partial charge in [-0.15, -0.1) is 0 Å². The number of hydrogen-bond donors (Lipinski definition) is 0. The molecule has 0 bridgehead atoms. The van der Waals surface area contributed by atoms with Gasteiger partial charge >= 0.3 is 6.09 Å². The van der Waals surface area contributed by atoms with Gasteiger partial charge in [0.05, 0.1) is 49.4 Å². The Morgan fingerprint density at radius 1 is 1.09 bits per heavy atom. The van der Waals surface area contributed by atoms with Gasteiger partial charge in [-0.2, -0.15) is 5.26 Å². The number of carbonyl (C=O) groups is 2. The van der Waals surface area contributed by atoms with Crippen molar-refractivity contribution in [2.45, 2.75) is 63.8 Å². The summed E-state index contributed by atoms with van der Waals surface area (Å²) in [6.45, 7) is 9.37. The summed E-state index contributed by atoms with van der Waals surface area (Å²) in [5, 5.41) is 9.20. The summed E-state index contributed by atoms with van der Waals surface area (Å²) in [5.41, 5.74) is 0.790. The maximum absolute atomic E-state index is 13.5. The number of ether oxygens (including phenoxy) is 2. The Labute approximate surface area is 196 Å². The highest BCUT2D eigenvalue weighted by Gasteiger charge is 2.49. The Bertz CT molecular complexity index is 916. The highest BCUT2D eigenvalue weighted by molar-refractivity contribution is 5.80. The van der Waals surface area contributed by atoms with Crippen molar-refractivity contribution < 1.29 is 19.1 Å². The van der Waals surface area contributed by atoms with E-state index < -0.39 is 5.60 Å². The molecule has 0 radical (unpaired) electrons. The summed E-state index contributed by atoms with van der Waals surface area (Å²) in [6, 6.07) is 9.00. The number of piperazine rings is 1. The predicted octanol–water partition coefficient (Wildman–Crippen LogP) is 2.41. The Balaban J connectivity index is 1.59. The third-order valence-electron chi connectivity index (χ3n) is 6.68. The van der Waals surface area contributed by atoms with Gasteiger partial charge in [-0.25, -0.2) is 4.79 Å². The monoisotopic (exact) mass is 454 g/mol. The standard InChI is InChI=1S/C25H34N4O4/c1-25(2,3)33-24(31)28-11-12-29(22(30)14-18-7-6-8-19(13-18)15-26)23-20(16-32-17-21(23)28)27-9-4-5-10-27/h6-8,13,20-21,23H,4-5,9-12,14,16-17H2,1-3H3/t20?,21-,23-/m1/s1. The smallest absolute Gasteiger partial charge is 0.410 e. The molecule has 0 aromatic heterocycles. The second kappa shape index (κ2) is 9.70. The number of hydrogen-bond acceptors (Lipinski definition) is 6. The molecule has 3 atom stereocenters. The maximum atomic E-state index is 13.5. The van der Waals surface area contributed by atoms with E-state index in [0.717, 1.165) is 31.5 Å². The summed E-state index contributed by atoms with van der Waals surface area (Å²) < 4.78 is 11.7. The lowest BCUT2D eigenvalue weighted by Gasteiger charge is -2.54. The first-order valence-corrected chi connectivity index (χ1v) is 11.9. The summed E-state index contributed by atoms with van der Waals surface area (Å²) in [4.78, 5) is 32.7. The molecular weight excluding hydrogens is 420 g/mol. The first-order chi connectivity index (χ1) is 15.8. The van der Waals surface area contributed by atoms with Gasteiger partial charge in [-0.05, 0) is 64.4 Å². The number of fused-ring (bicyclic) bond motifs is 1. The highest BCUT2D eigenvalue weighted by Crippen LogP contribution is 2.31. The molecule has 3 fully saturated rings. The lowest BCUT2D eigenvalue weighted by Crippen LogP contribution is -2.72. The molecule has 1 unspecified atom stereocenters. The van der Waals surface area contributed by atoms with E-state index in [1.807, 2.05) is 37.8 Å². The van der Waals surface area contributed by atoms with E-state index in [9.17, 15) is 14.9 Å². The van der Waals surface area contributed by atoms with Crippen LogP contribution in [0, 0.1) is 11.3 Å². The fraction of sp³-hybridized carbons (Fsp3) is 0.640. The molecule has 3 heterocycles. The number of benzene rings is 1. The normalized spacial score (nSPS) is 25.9. The molecule has 1 aromatic carbocycles. The number of nitrogens with zero attached hydrogens (tertiary/aromatic N) is 4. The molecule has 4 rings (SSSR count). The fourth-order valence-electron chi connectivity index (χ4n) is 5.24. The zero-order valence-electron chi connectivity index (χ0n) is 19.8. The molecule has 0 saturated carbocycles. The first-order valence-electron chi connectivity index (χ1n) is 11.9. The van der Waals surface area contributed by atoms with Crippen LogP contribution in [-0.4, -0.2) is 89.8 Å². The number of likely N-dealkylation sites (tertiary alicyclic amines) is 1. The number of carbonyl (C=O) groups excluding carboxylic acids is 2. The van der Waals surface area contributed by atoms with Crippen molar-refractivity contribution in [1.82, 2.24) is 14.7 Å². The van der Waals surface area contributed by atoms with Crippen LogP contribution in [0.4, 0.5) is 4.79 Å². The minimum absolute atomic E-state index is 0.0232. The van der Waals surface area contributed by atoms with Gasteiger partial charge in [0.1, 0.15) is 5.60 Å². The minimum Gasteiger partial charge on any atom is -0.444 e. The second-order valence-corrected chi connectivity index (χ2v) is 10.2. The van der Waals surface area contributed by atoms with Crippen LogP contribution in [-0.2, 0) is 20.7 Å². The van der Waals surface area contributed by atoms with E-state index in [0.29, 0.717) is 31.9 Å². The molecule has 3 aliphatic rings. The SMILES string of the molecule is CC(C)(C)OC(=O)N1CCN(C(=O)Cc2cccc(C#N)c2)[C@@H]2C(N3CCCC3)COC[C@H]21. The lowest BCUT2D eigenvalue weighted by molar-refractivity contribution is -0.151. The molecule has 0 aliphatic carbocycles. The molecule has 8 nitrogen and oxygen atoms in total. The number of nitriles is 1. The van der Waals surface area contributed by atoms with Crippen molar-refractivity contribution in [2.24, 2.45) is 0 Å². The van der Waals surface area contributed by atoms with Crippen LogP contribution in [0.1, 0.15) is 44.7 Å². The van der Waals surface area contributed by atoms with Gasteiger partial charge < -0.3 is 14.4 Å². The van der Waals surface area contributed by atoms with Gasteiger partial charge in [0.2, 0.25) is 5.91 Å². The molecule has 0 spiro atoms. The summed E-state index contributed by atoms with van der Waals surface area (Å²) in [7, 11) is 0. The van der Waals surface area contributed by atoms with Crippen LogP contribution >= 0.6 is 0 Å². The number of rotatable bonds is 3. The van der Waals surface area contributed by atoms with E-state index in [1.165, 1.54) is 0 Å². The van der Waals surface area contributed by atoms with Crippen LogP contribution in [0.15, 0.2) is 24.3 Å². The second-order valence-electron chi connectivity index (χ2n) is 10.2. The Morgan fingerprint density at radius 3 is 2.48 bits per heavy atom. The largest absolute Gasteiger partial charge is 0.444 e. The molecule has 3 aliphatic heterocycles. The molecule has 33 heavy (non-hydrogen) atoms. The van der Waals surface area contributed by atoms with Crippen molar-refractivity contribution >= 4 is 12.0 Å². The van der Waals surface area contributed by atoms with E-state index >= 15 is 0 Å². The van der Waals surface area contributed by atoms with Crippen molar-refractivity contribution in [3.05, 3.63) is 35.4 Å². The van der Waals surface area contributed by atoms with Crippen molar-refractivity contribution in [1.29, 1.82) is 5.26 Å². The fourth-order valence-corrected chi connectivity index (χ4v) is 5.24. The minimum atomic E-state index is -0.588. The van der Waals surface area contributed by atoms with Crippen LogP contribution in [0.5, 0.6) is 0 Å². The van der Waals surface area contributed by atoms with Crippen LogP contribution in [0.3, 0.4) is 0 Å². The van der Waals surface area contributed by atoms with Gasteiger partial charge in [0.15, 0.2) is 0 Å². The first kappa shape index (κ1) is 23.5. The zero-order chi connectivity index (χ0) is 23.6. The predicted molar refractivity (Wildman–Crippen MR) is 123 cm³/mol. The van der Waals surface area contributed by atoms with E-state index in [4.69, 9.17) is 9.47 Å². The third-order valence-corrected chi connectivity index (χ3v) is 6.68. The maximum Gasteiger partial charge on any atom is 0.410 e. The molecule has 8 heteroatoms. The van der Waals surface area contributed by atoms with Crippen LogP contribution in [0.2, 0.25) is 0 Å². The third kappa shape index (κ3) is 5.31. The molecular formula is C25H34N4O4. The molecule has 3 saturated heterocycles. The molecule has 1 aromatic rings. The van der Waals surface area contributed by atoms with Gasteiger partial charge in [0.25, 0.3) is 0 Å². The molecule has 178 valence electrons. The Hall–Kier alpha value is -2.63. The van der Waals surface area contributed by atoms with Crippen LogP contribution in [0.25, 0.3) is 0 Å². The highest BCUT2D eigenvalue weighted by atomic mass is 16.6. The Kier molecular flexibility index (Phi) is 6.91. The van der Waals surface area contributed by atoms with E-state index in [1.54, 1.807) is 17.0 Å². The van der Waals surface area contributed by atoms with Gasteiger partial charge in [-0.3, -0.25) is 14.6 Å². The van der Waals surface area contributed by atoms with Gasteiger partial charge in [-0.1, -0.05) is 12.1 Å². The summed E-state index contributed by atoms with van der Waals surface area (Å²) in [5.74, 6) is 0.0232. The zero-order valence-corrected chi connectivity index (χ0v) is 19.8. The van der Waals surface area contributed by atoms with Crippen LogP contribution < -0.4 is 0 Å². The average Bonchev–Trinajstić information content (AvgIpc) is 3.31. The topological polar surface area (TPSA) is 86.1 Å². The van der Waals surface area contributed by atoms with Crippen molar-refractivity contribution in [3.8, 4) is 6.07 Å². The van der Waals surface area contributed by atoms with Gasteiger partial charge in [0, 0.05) is 13.1 Å². The summed E-state index contributed by atoms with van der Waals surface area (Å²) >= 11 is 0. The quantitative estimate of drug-likeness (QED) is 0.697. The lowest BCUT2D eigenvalue weighted by atomic mass is 9.91. The Morgan fingerprint density at radius 2 is 1.79 bits per heavy atom. The summed E-state index contributed by atoms with van der Waals surface area (Å²) in [6.07, 6.45) is 2.16. The van der Waals surface area contributed by atoms with Crippen molar-refractivity contribution in [3.63, 3.8) is 0 Å². The van der Waals surface area contributed by atoms with Crippen molar-refractivity contribution in [2.75, 3.05) is 39.4 Å². The molecule has 2 amide bonds. The number of amides is 2. The molecule has 0 N–H and O–H groups in total. The average molecular weight is 455 g/mol. The van der Waals surface area contributed by atoms with E-state index in [2.05, 4.69) is 11.0 Å².